The average Bonchev–Trinajstić information content (AvgIpc) is 3.12. The molecule has 0 bridgehead atoms. The monoisotopic (exact) mass is 219 g/mol. The van der Waals surface area contributed by atoms with Gasteiger partial charge in [-0.3, -0.25) is 0 Å². The van der Waals surface area contributed by atoms with E-state index >= 15 is 0 Å². The molecule has 2 nitrogen and oxygen atoms in total. The molecule has 1 aromatic carbocycles. The highest BCUT2D eigenvalue weighted by Gasteiger charge is 2.19. The van der Waals surface area contributed by atoms with Gasteiger partial charge in [0.25, 0.3) is 0 Å². The Bertz CT molecular complexity index is 303. The maximum Gasteiger partial charge on any atom is 0.119 e. The molecule has 0 atom stereocenters. The third kappa shape index (κ3) is 3.86. The summed E-state index contributed by atoms with van der Waals surface area (Å²) in [4.78, 5) is 0. The van der Waals surface area contributed by atoms with Crippen molar-refractivity contribution in [2.45, 2.75) is 45.2 Å². The number of unbranched alkanes of at least 4 members (excludes halogenated alkanes) is 1. The molecule has 0 unspecified atom stereocenters. The average molecular weight is 219 g/mol. The molecule has 0 saturated heterocycles. The molecule has 88 valence electrons. The molecule has 1 aliphatic carbocycles. The van der Waals surface area contributed by atoms with E-state index in [2.05, 4.69) is 36.5 Å². The van der Waals surface area contributed by atoms with E-state index in [0.29, 0.717) is 0 Å². The van der Waals surface area contributed by atoms with Gasteiger partial charge in [0.05, 0.1) is 6.61 Å². The van der Waals surface area contributed by atoms with Crippen LogP contribution in [0.1, 0.15) is 38.2 Å². The van der Waals surface area contributed by atoms with E-state index in [-0.39, 0.29) is 0 Å². The molecule has 1 saturated carbocycles. The quantitative estimate of drug-likeness (QED) is 0.711. The lowest BCUT2D eigenvalue weighted by atomic mass is 10.2. The topological polar surface area (TPSA) is 21.3 Å². The van der Waals surface area contributed by atoms with Gasteiger partial charge in [-0.1, -0.05) is 25.5 Å². The highest BCUT2D eigenvalue weighted by Crippen LogP contribution is 2.19. The van der Waals surface area contributed by atoms with E-state index in [1.165, 1.54) is 24.8 Å². The van der Waals surface area contributed by atoms with Crippen molar-refractivity contribution >= 4 is 0 Å². The second-order valence-electron chi connectivity index (χ2n) is 4.50. The van der Waals surface area contributed by atoms with Crippen LogP contribution < -0.4 is 10.1 Å². The zero-order valence-corrected chi connectivity index (χ0v) is 10.0. The summed E-state index contributed by atoms with van der Waals surface area (Å²) in [5, 5.41) is 3.50. The Kier molecular flexibility index (Phi) is 4.23. The predicted octanol–water partition coefficient (Wildman–Crippen LogP) is 3.12. The zero-order chi connectivity index (χ0) is 11.2. The van der Waals surface area contributed by atoms with E-state index in [0.717, 1.165) is 31.4 Å². The SMILES string of the molecule is CCCCOc1ccc(CNC2CC2)cc1. The molecule has 0 aromatic heterocycles. The Balaban J connectivity index is 1.74. The number of hydrogen-bond acceptors (Lipinski definition) is 2. The van der Waals surface area contributed by atoms with E-state index in [1.54, 1.807) is 0 Å². The van der Waals surface area contributed by atoms with Crippen molar-refractivity contribution in [3.8, 4) is 5.75 Å². The highest BCUT2D eigenvalue weighted by atomic mass is 16.5. The molecule has 2 rings (SSSR count). The summed E-state index contributed by atoms with van der Waals surface area (Å²) in [6.45, 7) is 3.99. The fraction of sp³-hybridized carbons (Fsp3) is 0.571. The minimum absolute atomic E-state index is 0.778. The minimum atomic E-state index is 0.778. The highest BCUT2D eigenvalue weighted by molar-refractivity contribution is 5.27. The summed E-state index contributed by atoms with van der Waals surface area (Å²) >= 11 is 0. The van der Waals surface area contributed by atoms with Crippen LogP contribution in [0.25, 0.3) is 0 Å². The van der Waals surface area contributed by atoms with Crippen molar-refractivity contribution in [1.29, 1.82) is 0 Å². The van der Waals surface area contributed by atoms with Crippen molar-refractivity contribution in [1.82, 2.24) is 5.32 Å². The summed E-state index contributed by atoms with van der Waals surface area (Å²) in [7, 11) is 0. The van der Waals surface area contributed by atoms with Gasteiger partial charge < -0.3 is 10.1 Å². The molecule has 2 heteroatoms. The molecule has 0 aliphatic heterocycles. The number of rotatable bonds is 7. The van der Waals surface area contributed by atoms with Gasteiger partial charge in [-0.05, 0) is 37.0 Å². The van der Waals surface area contributed by atoms with Crippen molar-refractivity contribution in [2.75, 3.05) is 6.61 Å². The van der Waals surface area contributed by atoms with E-state index < -0.39 is 0 Å². The molecule has 0 spiro atoms. The minimum Gasteiger partial charge on any atom is -0.494 e. The van der Waals surface area contributed by atoms with Gasteiger partial charge in [0.15, 0.2) is 0 Å². The zero-order valence-electron chi connectivity index (χ0n) is 10.0. The summed E-state index contributed by atoms with van der Waals surface area (Å²) in [5.74, 6) is 0.989. The van der Waals surface area contributed by atoms with Gasteiger partial charge in [-0.25, -0.2) is 0 Å². The molecule has 1 aliphatic rings. The maximum absolute atomic E-state index is 5.62. The van der Waals surface area contributed by atoms with Gasteiger partial charge in [-0.2, -0.15) is 0 Å². The Morgan fingerprint density at radius 3 is 2.62 bits per heavy atom. The molecule has 16 heavy (non-hydrogen) atoms. The normalized spacial score (nSPS) is 15.1. The van der Waals surface area contributed by atoms with Gasteiger partial charge in [0, 0.05) is 12.6 Å². The van der Waals surface area contributed by atoms with E-state index in [9.17, 15) is 0 Å². The fourth-order valence-electron chi connectivity index (χ4n) is 1.59. The van der Waals surface area contributed by atoms with Crippen LogP contribution in [0.2, 0.25) is 0 Å². The Morgan fingerprint density at radius 1 is 1.25 bits per heavy atom. The molecule has 0 heterocycles. The van der Waals surface area contributed by atoms with Crippen molar-refractivity contribution in [3.05, 3.63) is 29.8 Å². The Labute approximate surface area is 98.0 Å². The first-order chi connectivity index (χ1) is 7.88. The van der Waals surface area contributed by atoms with Gasteiger partial charge in [0.2, 0.25) is 0 Å². The van der Waals surface area contributed by atoms with Crippen LogP contribution in [0.4, 0.5) is 0 Å². The molecule has 0 amide bonds. The number of nitrogens with one attached hydrogen (secondary N) is 1. The predicted molar refractivity (Wildman–Crippen MR) is 66.7 cm³/mol. The van der Waals surface area contributed by atoms with Crippen molar-refractivity contribution in [3.63, 3.8) is 0 Å². The van der Waals surface area contributed by atoms with Crippen LogP contribution in [0, 0.1) is 0 Å². The van der Waals surface area contributed by atoms with Gasteiger partial charge in [-0.15, -0.1) is 0 Å². The molecule has 0 radical (unpaired) electrons. The lowest BCUT2D eigenvalue weighted by molar-refractivity contribution is 0.309. The van der Waals surface area contributed by atoms with Crippen LogP contribution in [0.3, 0.4) is 0 Å². The smallest absolute Gasteiger partial charge is 0.119 e. The molecule has 1 N–H and O–H groups in total. The van der Waals surface area contributed by atoms with E-state index in [1.807, 2.05) is 0 Å². The van der Waals surface area contributed by atoms with Crippen molar-refractivity contribution < 1.29 is 4.74 Å². The second-order valence-corrected chi connectivity index (χ2v) is 4.50. The lowest BCUT2D eigenvalue weighted by Crippen LogP contribution is -2.15. The third-order valence-corrected chi connectivity index (χ3v) is 2.86. The third-order valence-electron chi connectivity index (χ3n) is 2.86. The van der Waals surface area contributed by atoms with Gasteiger partial charge >= 0.3 is 0 Å². The lowest BCUT2D eigenvalue weighted by Gasteiger charge is -2.07. The number of ether oxygens (including phenoxy) is 1. The van der Waals surface area contributed by atoms with E-state index in [4.69, 9.17) is 4.74 Å². The first-order valence-electron chi connectivity index (χ1n) is 6.33. The van der Waals surface area contributed by atoms with Crippen LogP contribution in [-0.4, -0.2) is 12.6 Å². The summed E-state index contributed by atoms with van der Waals surface area (Å²) < 4.78 is 5.62. The molecule has 1 fully saturated rings. The second kappa shape index (κ2) is 5.90. The van der Waals surface area contributed by atoms with Crippen LogP contribution in [-0.2, 0) is 6.54 Å². The molecular weight excluding hydrogens is 198 g/mol. The van der Waals surface area contributed by atoms with Crippen LogP contribution in [0.15, 0.2) is 24.3 Å². The van der Waals surface area contributed by atoms with Crippen LogP contribution in [0.5, 0.6) is 5.75 Å². The number of benzene rings is 1. The van der Waals surface area contributed by atoms with Crippen molar-refractivity contribution in [2.24, 2.45) is 0 Å². The maximum atomic E-state index is 5.62. The largest absolute Gasteiger partial charge is 0.494 e. The summed E-state index contributed by atoms with van der Waals surface area (Å²) in [5.41, 5.74) is 1.34. The first kappa shape index (κ1) is 11.5. The summed E-state index contributed by atoms with van der Waals surface area (Å²) in [6, 6.07) is 9.22. The Morgan fingerprint density at radius 2 is 2.00 bits per heavy atom. The Hall–Kier alpha value is -1.02. The standard InChI is InChI=1S/C14H21NO/c1-2-3-10-16-14-8-4-12(5-9-14)11-15-13-6-7-13/h4-5,8-9,13,15H,2-3,6-7,10-11H2,1H3. The fourth-order valence-corrected chi connectivity index (χ4v) is 1.59. The summed E-state index contributed by atoms with van der Waals surface area (Å²) in [6.07, 6.45) is 5.00. The molecule has 1 aromatic rings. The molecular formula is C14H21NO. The first-order valence-corrected chi connectivity index (χ1v) is 6.33. The van der Waals surface area contributed by atoms with Crippen LogP contribution >= 0.6 is 0 Å². The number of hydrogen-bond donors (Lipinski definition) is 1. The van der Waals surface area contributed by atoms with Gasteiger partial charge in [0.1, 0.15) is 5.75 Å².